The molecule has 2 aromatic rings. The molecule has 8 heteroatoms. The van der Waals surface area contributed by atoms with Gasteiger partial charge in [-0.05, 0) is 12.1 Å². The van der Waals surface area contributed by atoms with Gasteiger partial charge in [-0.1, -0.05) is 47.6 Å². The lowest BCUT2D eigenvalue weighted by atomic mass is 10.1. The first-order chi connectivity index (χ1) is 15.4. The molecule has 1 N–H and O–H groups in total. The Balaban J connectivity index is 1.72. The molecule has 168 valence electrons. The summed E-state index contributed by atoms with van der Waals surface area (Å²) in [4.78, 5) is 0. The number of fused-ring (bicyclic) bond motifs is 1. The second-order valence-electron chi connectivity index (χ2n) is 6.65. The molecule has 0 saturated carbocycles. The van der Waals surface area contributed by atoms with Crippen LogP contribution < -0.4 is 9.47 Å². The number of rotatable bonds is 2. The number of hydrogen-bond acceptors (Lipinski definition) is 8. The van der Waals surface area contributed by atoms with E-state index in [1.807, 2.05) is 54.6 Å². The van der Waals surface area contributed by atoms with E-state index in [0.717, 1.165) is 5.56 Å². The summed E-state index contributed by atoms with van der Waals surface area (Å²) in [7, 11) is 0. The highest BCUT2D eigenvalue weighted by Gasteiger charge is 2.21. The van der Waals surface area contributed by atoms with Crippen molar-refractivity contribution in [1.82, 2.24) is 0 Å². The first kappa shape index (κ1) is 23.0. The van der Waals surface area contributed by atoms with Crippen LogP contribution in [-0.2, 0) is 18.9 Å². The molecule has 0 aromatic heterocycles. The minimum Gasteiger partial charge on any atom is -0.487 e. The molecule has 1 aliphatic rings. The Labute approximate surface area is 182 Å². The minimum atomic E-state index is -0.609. The molecule has 1 atom stereocenters. The third kappa shape index (κ3) is 7.84. The Morgan fingerprint density at radius 2 is 1.23 bits per heavy atom. The van der Waals surface area contributed by atoms with E-state index in [1.165, 1.54) is 0 Å². The number of hydrogen-bond donors (Lipinski definition) is 1. The van der Waals surface area contributed by atoms with Gasteiger partial charge in [-0.15, -0.1) is 0 Å². The topological polar surface area (TPSA) is 88.0 Å². The maximum atomic E-state index is 9.69. The summed E-state index contributed by atoms with van der Waals surface area (Å²) in [5.74, 6) is 1.18. The van der Waals surface area contributed by atoms with Crippen LogP contribution in [0, 0.1) is 0 Å². The van der Waals surface area contributed by atoms with Crippen molar-refractivity contribution < 1.29 is 33.6 Å². The fourth-order valence-corrected chi connectivity index (χ4v) is 2.98. The quantitative estimate of drug-likeness (QED) is 0.444. The molecule has 0 radical (unpaired) electrons. The first-order valence-corrected chi connectivity index (χ1v) is 10.4. The average molecular weight is 431 g/mol. The lowest BCUT2D eigenvalue weighted by Crippen LogP contribution is -2.33. The zero-order valence-corrected chi connectivity index (χ0v) is 17.5. The third-order valence-corrected chi connectivity index (χ3v) is 4.50. The van der Waals surface area contributed by atoms with Crippen LogP contribution >= 0.6 is 0 Å². The highest BCUT2D eigenvalue weighted by molar-refractivity contribution is 6.03. The third-order valence-electron chi connectivity index (χ3n) is 4.50. The molecule has 2 aromatic carbocycles. The van der Waals surface area contributed by atoms with Crippen molar-refractivity contribution in [2.24, 2.45) is 5.16 Å². The molecule has 0 fully saturated rings. The number of nitrogens with zero attached hydrogens (tertiary/aromatic N) is 1. The van der Waals surface area contributed by atoms with E-state index in [1.54, 1.807) is 0 Å². The molecular formula is C23H29NO7. The molecule has 31 heavy (non-hydrogen) atoms. The molecule has 0 amide bonds. The summed E-state index contributed by atoms with van der Waals surface area (Å²) in [6.07, 6.45) is -0.609. The van der Waals surface area contributed by atoms with Gasteiger partial charge in [0.2, 0.25) is 0 Å². The normalized spacial score (nSPS) is 20.4. The zero-order chi connectivity index (χ0) is 21.6. The van der Waals surface area contributed by atoms with Crippen LogP contribution in [0.1, 0.15) is 5.56 Å². The van der Waals surface area contributed by atoms with Crippen LogP contribution in [0.3, 0.4) is 0 Å². The lowest BCUT2D eigenvalue weighted by molar-refractivity contribution is -0.0167. The fourth-order valence-electron chi connectivity index (χ4n) is 2.98. The van der Waals surface area contributed by atoms with Crippen molar-refractivity contribution >= 4 is 5.71 Å². The van der Waals surface area contributed by atoms with Gasteiger partial charge in [0, 0.05) is 5.56 Å². The van der Waals surface area contributed by atoms with Gasteiger partial charge in [0.15, 0.2) is 11.5 Å². The van der Waals surface area contributed by atoms with Crippen LogP contribution in [-0.4, -0.2) is 76.5 Å². The van der Waals surface area contributed by atoms with Gasteiger partial charge >= 0.3 is 0 Å². The van der Waals surface area contributed by atoms with E-state index < -0.39 is 6.10 Å². The number of oxime groups is 1. The fraction of sp³-hybridized carbons (Fsp3) is 0.435. The van der Waals surface area contributed by atoms with Crippen LogP contribution in [0.4, 0.5) is 0 Å². The van der Waals surface area contributed by atoms with Gasteiger partial charge in [0.25, 0.3) is 0 Å². The summed E-state index contributed by atoms with van der Waals surface area (Å²) in [5, 5.41) is 13.2. The van der Waals surface area contributed by atoms with Crippen LogP contribution in [0.15, 0.2) is 59.8 Å². The molecule has 1 unspecified atom stereocenters. The van der Waals surface area contributed by atoms with Crippen molar-refractivity contribution in [1.29, 1.82) is 0 Å². The van der Waals surface area contributed by atoms with Crippen LogP contribution in [0.2, 0.25) is 0 Å². The van der Waals surface area contributed by atoms with E-state index in [9.17, 15) is 5.21 Å². The summed E-state index contributed by atoms with van der Waals surface area (Å²) in [6.45, 7) is 3.57. The molecule has 0 bridgehead atoms. The van der Waals surface area contributed by atoms with Gasteiger partial charge in [-0.2, -0.15) is 0 Å². The highest BCUT2D eigenvalue weighted by atomic mass is 16.6. The van der Waals surface area contributed by atoms with Gasteiger partial charge in [-0.25, -0.2) is 0 Å². The second kappa shape index (κ2) is 13.6. The van der Waals surface area contributed by atoms with Crippen molar-refractivity contribution in [3.63, 3.8) is 0 Å². The summed E-state index contributed by atoms with van der Waals surface area (Å²) in [6, 6.07) is 16.7. The standard InChI is InChI=1S/C23H29NO7/c25-24-23(19-6-2-1-3-7-19)22-18-31-21-9-5-4-8-20(21)29-16-14-27-12-10-26-11-13-28-15-17-30-22/h1-9,22,25H,10-18H2. The Morgan fingerprint density at radius 1 is 0.677 bits per heavy atom. The summed E-state index contributed by atoms with van der Waals surface area (Å²) < 4.78 is 34.3. The lowest BCUT2D eigenvalue weighted by Gasteiger charge is -2.21. The van der Waals surface area contributed by atoms with Gasteiger partial charge in [0.05, 0.1) is 46.2 Å². The second-order valence-corrected chi connectivity index (χ2v) is 6.65. The van der Waals surface area contributed by atoms with Crippen LogP contribution in [0.25, 0.3) is 0 Å². The van der Waals surface area contributed by atoms with E-state index in [4.69, 9.17) is 28.4 Å². The van der Waals surface area contributed by atoms with Gasteiger partial charge in [0.1, 0.15) is 25.0 Å². The van der Waals surface area contributed by atoms with Crippen LogP contribution in [0.5, 0.6) is 11.5 Å². The molecule has 0 spiro atoms. The zero-order valence-electron chi connectivity index (χ0n) is 17.5. The van der Waals surface area contributed by atoms with Crippen molar-refractivity contribution in [2.45, 2.75) is 6.10 Å². The largest absolute Gasteiger partial charge is 0.487 e. The number of benzene rings is 2. The SMILES string of the molecule is ON=C(c1ccccc1)C1COc2ccccc2OCCOCCOCCOCCO1. The van der Waals surface area contributed by atoms with E-state index in [0.29, 0.717) is 70.1 Å². The minimum absolute atomic E-state index is 0.133. The Kier molecular flexibility index (Phi) is 10.1. The van der Waals surface area contributed by atoms with Gasteiger partial charge in [-0.3, -0.25) is 0 Å². The Morgan fingerprint density at radius 3 is 1.87 bits per heavy atom. The first-order valence-electron chi connectivity index (χ1n) is 10.4. The molecule has 8 nitrogen and oxygen atoms in total. The maximum Gasteiger partial charge on any atom is 0.161 e. The van der Waals surface area contributed by atoms with Crippen molar-refractivity contribution in [3.8, 4) is 11.5 Å². The molecular weight excluding hydrogens is 402 g/mol. The predicted octanol–water partition coefficient (Wildman–Crippen LogP) is 2.77. The molecule has 3 rings (SSSR count). The van der Waals surface area contributed by atoms with E-state index >= 15 is 0 Å². The monoisotopic (exact) mass is 431 g/mol. The Hall–Kier alpha value is -2.65. The average Bonchev–Trinajstić information content (AvgIpc) is 2.81. The van der Waals surface area contributed by atoms with Gasteiger partial charge < -0.3 is 33.6 Å². The molecule has 1 heterocycles. The van der Waals surface area contributed by atoms with E-state index in [2.05, 4.69) is 5.16 Å². The summed E-state index contributed by atoms with van der Waals surface area (Å²) in [5.41, 5.74) is 1.13. The predicted molar refractivity (Wildman–Crippen MR) is 114 cm³/mol. The molecule has 0 saturated heterocycles. The summed E-state index contributed by atoms with van der Waals surface area (Å²) >= 11 is 0. The van der Waals surface area contributed by atoms with Crippen molar-refractivity contribution in [2.75, 3.05) is 59.5 Å². The highest BCUT2D eigenvalue weighted by Crippen LogP contribution is 2.27. The Bertz CT molecular complexity index is 785. The smallest absolute Gasteiger partial charge is 0.161 e. The number of para-hydroxylation sites is 2. The van der Waals surface area contributed by atoms with Crippen molar-refractivity contribution in [3.05, 3.63) is 60.2 Å². The maximum absolute atomic E-state index is 9.69. The number of ether oxygens (including phenoxy) is 6. The molecule has 1 aliphatic heterocycles. The molecule has 0 aliphatic carbocycles. The van der Waals surface area contributed by atoms with E-state index in [-0.39, 0.29) is 6.61 Å².